The molecule has 1 saturated carbocycles. The molecule has 1 aliphatic carbocycles. The van der Waals surface area contributed by atoms with E-state index < -0.39 is 11.7 Å². The molecule has 3 rings (SSSR count). The summed E-state index contributed by atoms with van der Waals surface area (Å²) in [5, 5.41) is 21.3. The van der Waals surface area contributed by atoms with Gasteiger partial charge in [0.1, 0.15) is 18.0 Å². The van der Waals surface area contributed by atoms with Gasteiger partial charge in [-0.2, -0.15) is 0 Å². The molecule has 23 heavy (non-hydrogen) atoms. The fourth-order valence-corrected chi connectivity index (χ4v) is 4.04. The van der Waals surface area contributed by atoms with Crippen molar-refractivity contribution in [2.45, 2.75) is 63.7 Å². The summed E-state index contributed by atoms with van der Waals surface area (Å²) in [7, 11) is 0. The third kappa shape index (κ3) is 3.87. The van der Waals surface area contributed by atoms with Crippen LogP contribution in [0.2, 0.25) is 0 Å². The molecule has 0 aromatic heterocycles. The number of ether oxygens (including phenoxy) is 1. The lowest BCUT2D eigenvalue weighted by molar-refractivity contribution is -0.144. The second-order valence-corrected chi connectivity index (χ2v) is 7.43. The molecular formula is C19H29NO3. The molecule has 2 fully saturated rings. The number of aliphatic hydroxyl groups excluding tert-OH is 1. The van der Waals surface area contributed by atoms with Gasteiger partial charge in [0.15, 0.2) is 0 Å². The van der Waals surface area contributed by atoms with Crippen molar-refractivity contribution in [3.8, 4) is 5.75 Å². The summed E-state index contributed by atoms with van der Waals surface area (Å²) in [6.45, 7) is 5.58. The van der Waals surface area contributed by atoms with Gasteiger partial charge in [-0.25, -0.2) is 0 Å². The van der Waals surface area contributed by atoms with Crippen LogP contribution in [0.15, 0.2) is 18.2 Å². The van der Waals surface area contributed by atoms with E-state index in [-0.39, 0.29) is 6.61 Å². The average Bonchev–Trinajstić information content (AvgIpc) is 3.02. The van der Waals surface area contributed by atoms with Crippen molar-refractivity contribution in [3.05, 3.63) is 29.3 Å². The number of likely N-dealkylation sites (tertiary alicyclic amines) is 1. The highest BCUT2D eigenvalue weighted by molar-refractivity contribution is 5.33. The third-order valence-corrected chi connectivity index (χ3v) is 5.31. The summed E-state index contributed by atoms with van der Waals surface area (Å²) < 4.78 is 5.85. The van der Waals surface area contributed by atoms with Crippen molar-refractivity contribution >= 4 is 0 Å². The van der Waals surface area contributed by atoms with Gasteiger partial charge in [0.2, 0.25) is 0 Å². The summed E-state index contributed by atoms with van der Waals surface area (Å²) in [5.74, 6) is 0.765. The van der Waals surface area contributed by atoms with E-state index in [1.165, 1.54) is 25.7 Å². The summed E-state index contributed by atoms with van der Waals surface area (Å²) in [4.78, 5) is 2.35. The van der Waals surface area contributed by atoms with Gasteiger partial charge in [-0.15, -0.1) is 0 Å². The highest BCUT2D eigenvalue weighted by Crippen LogP contribution is 2.30. The number of aryl methyl sites for hydroxylation is 2. The van der Waals surface area contributed by atoms with Crippen LogP contribution in [-0.2, 0) is 0 Å². The monoisotopic (exact) mass is 319 g/mol. The van der Waals surface area contributed by atoms with E-state index >= 15 is 0 Å². The molecule has 128 valence electrons. The van der Waals surface area contributed by atoms with Crippen LogP contribution in [0.1, 0.15) is 43.2 Å². The molecule has 4 heteroatoms. The minimum absolute atomic E-state index is 0.139. The van der Waals surface area contributed by atoms with Crippen LogP contribution in [0.5, 0.6) is 5.75 Å². The first-order valence-electron chi connectivity index (χ1n) is 8.82. The molecule has 0 unspecified atom stereocenters. The van der Waals surface area contributed by atoms with Gasteiger partial charge in [0, 0.05) is 19.1 Å². The molecule has 2 aliphatic rings. The molecule has 1 heterocycles. The number of hydrogen-bond donors (Lipinski definition) is 2. The van der Waals surface area contributed by atoms with Crippen molar-refractivity contribution in [2.75, 3.05) is 19.7 Å². The molecule has 1 saturated heterocycles. The first-order chi connectivity index (χ1) is 11.0. The fourth-order valence-electron chi connectivity index (χ4n) is 4.04. The fraction of sp³-hybridized carbons (Fsp3) is 0.684. The molecule has 4 nitrogen and oxygen atoms in total. The Morgan fingerprint density at radius 3 is 2.43 bits per heavy atom. The Hall–Kier alpha value is -1.10. The van der Waals surface area contributed by atoms with E-state index in [9.17, 15) is 10.2 Å². The Kier molecular flexibility index (Phi) is 4.95. The Labute approximate surface area is 139 Å². The van der Waals surface area contributed by atoms with Gasteiger partial charge in [-0.05, 0) is 56.4 Å². The maximum absolute atomic E-state index is 11.0. The van der Waals surface area contributed by atoms with Gasteiger partial charge in [-0.3, -0.25) is 4.90 Å². The van der Waals surface area contributed by atoms with Crippen molar-refractivity contribution in [2.24, 2.45) is 0 Å². The maximum Gasteiger partial charge on any atom is 0.137 e. The number of piperidine rings is 1. The highest BCUT2D eigenvalue weighted by Gasteiger charge is 2.43. The number of β-amino-alcohol motifs (C(OH)–C–C–N with tert-alkyl or cyclic N) is 1. The minimum atomic E-state index is -1.18. The number of aliphatic hydroxyl groups is 2. The molecular weight excluding hydrogens is 290 g/mol. The van der Waals surface area contributed by atoms with E-state index in [0.29, 0.717) is 19.0 Å². The van der Waals surface area contributed by atoms with Crippen LogP contribution < -0.4 is 4.74 Å². The van der Waals surface area contributed by atoms with E-state index in [2.05, 4.69) is 11.0 Å². The van der Waals surface area contributed by atoms with Crippen LogP contribution in [0.4, 0.5) is 0 Å². The number of hydrogen-bond acceptors (Lipinski definition) is 4. The lowest BCUT2D eigenvalue weighted by Gasteiger charge is -2.44. The zero-order valence-corrected chi connectivity index (χ0v) is 14.3. The highest BCUT2D eigenvalue weighted by atomic mass is 16.5. The molecule has 0 spiro atoms. The lowest BCUT2D eigenvalue weighted by atomic mass is 9.89. The number of nitrogens with zero attached hydrogens (tertiary/aromatic N) is 1. The van der Waals surface area contributed by atoms with Crippen molar-refractivity contribution < 1.29 is 14.9 Å². The molecule has 1 aliphatic heterocycles. The van der Waals surface area contributed by atoms with E-state index in [1.807, 2.05) is 26.0 Å². The molecule has 1 aromatic carbocycles. The van der Waals surface area contributed by atoms with Gasteiger partial charge in [0.25, 0.3) is 0 Å². The van der Waals surface area contributed by atoms with E-state index in [1.54, 1.807) is 0 Å². The van der Waals surface area contributed by atoms with Crippen LogP contribution in [-0.4, -0.2) is 52.6 Å². The van der Waals surface area contributed by atoms with E-state index in [4.69, 9.17) is 4.74 Å². The average molecular weight is 319 g/mol. The van der Waals surface area contributed by atoms with Crippen LogP contribution in [0.3, 0.4) is 0 Å². The second-order valence-electron chi connectivity index (χ2n) is 7.43. The van der Waals surface area contributed by atoms with E-state index in [0.717, 1.165) is 23.4 Å². The van der Waals surface area contributed by atoms with Gasteiger partial charge >= 0.3 is 0 Å². The lowest BCUT2D eigenvalue weighted by Crippen LogP contribution is -2.61. The first-order valence-corrected chi connectivity index (χ1v) is 8.82. The van der Waals surface area contributed by atoms with Crippen LogP contribution in [0, 0.1) is 13.8 Å². The minimum Gasteiger partial charge on any atom is -0.490 e. The first kappa shape index (κ1) is 16.7. The zero-order valence-electron chi connectivity index (χ0n) is 14.3. The predicted octanol–water partition coefficient (Wildman–Crippen LogP) is 2.42. The standard InChI is InChI=1S/C19H29NO3/c1-14-9-15(2)11-17(10-14)23-13-19(22)12-20(8-7-18(19)21)16-5-3-4-6-16/h9-11,16,18,21-22H,3-8,12-13H2,1-2H3/t18-,19-/m0/s1. The normalized spacial score (nSPS) is 29.8. The van der Waals surface area contributed by atoms with Crippen LogP contribution in [0.25, 0.3) is 0 Å². The van der Waals surface area contributed by atoms with Crippen molar-refractivity contribution in [3.63, 3.8) is 0 Å². The Balaban J connectivity index is 1.65. The second kappa shape index (κ2) is 6.80. The topological polar surface area (TPSA) is 52.9 Å². The van der Waals surface area contributed by atoms with Crippen LogP contribution >= 0.6 is 0 Å². The molecule has 0 amide bonds. The third-order valence-electron chi connectivity index (χ3n) is 5.31. The quantitative estimate of drug-likeness (QED) is 0.895. The Morgan fingerprint density at radius 2 is 1.78 bits per heavy atom. The molecule has 1 aromatic rings. The van der Waals surface area contributed by atoms with Gasteiger partial charge < -0.3 is 14.9 Å². The predicted molar refractivity (Wildman–Crippen MR) is 90.8 cm³/mol. The summed E-state index contributed by atoms with van der Waals surface area (Å²) in [5.41, 5.74) is 1.10. The largest absolute Gasteiger partial charge is 0.490 e. The van der Waals surface area contributed by atoms with Gasteiger partial charge in [0.05, 0.1) is 6.10 Å². The smallest absolute Gasteiger partial charge is 0.137 e. The number of benzene rings is 1. The van der Waals surface area contributed by atoms with Crippen molar-refractivity contribution in [1.82, 2.24) is 4.90 Å². The van der Waals surface area contributed by atoms with Gasteiger partial charge in [-0.1, -0.05) is 18.9 Å². The summed E-state index contributed by atoms with van der Waals surface area (Å²) in [6, 6.07) is 6.61. The molecule has 0 radical (unpaired) electrons. The Morgan fingerprint density at radius 1 is 1.13 bits per heavy atom. The zero-order chi connectivity index (χ0) is 16.4. The number of rotatable bonds is 4. The summed E-state index contributed by atoms with van der Waals surface area (Å²) in [6.07, 6.45) is 4.88. The SMILES string of the molecule is Cc1cc(C)cc(OC[C@@]2(O)CN(C3CCCC3)CC[C@@H]2O)c1. The maximum atomic E-state index is 11.0. The van der Waals surface area contributed by atoms with Crippen molar-refractivity contribution in [1.29, 1.82) is 0 Å². The molecule has 2 N–H and O–H groups in total. The molecule has 2 atom stereocenters. The Bertz CT molecular complexity index is 521. The molecule has 0 bridgehead atoms. The summed E-state index contributed by atoms with van der Waals surface area (Å²) >= 11 is 0.